The van der Waals surface area contributed by atoms with Gasteiger partial charge < -0.3 is 4.90 Å². The minimum Gasteiger partial charge on any atom is -0.303 e. The van der Waals surface area contributed by atoms with E-state index in [1.54, 1.807) is 36.0 Å². The Labute approximate surface area is 130 Å². The van der Waals surface area contributed by atoms with Crippen LogP contribution >= 0.6 is 23.4 Å². The maximum absolute atomic E-state index is 12.0. The zero-order chi connectivity index (χ0) is 14.2. The Morgan fingerprint density at radius 3 is 2.40 bits per heavy atom. The van der Waals surface area contributed by atoms with Gasteiger partial charge in [-0.05, 0) is 50.2 Å². The standard InChI is InChI=1S/C16H22ClNOS/c17-15-7-5-14(6-8-15)16(19)13-20-12-11-18-9-3-1-2-4-10-18/h5-8H,1-4,9-13H2. The molecule has 1 fully saturated rings. The van der Waals surface area contributed by atoms with Crippen LogP contribution in [0.4, 0.5) is 0 Å². The molecule has 1 aromatic carbocycles. The van der Waals surface area contributed by atoms with Gasteiger partial charge in [0.2, 0.25) is 0 Å². The molecule has 1 aliphatic rings. The van der Waals surface area contributed by atoms with Crippen molar-refractivity contribution in [2.45, 2.75) is 25.7 Å². The summed E-state index contributed by atoms with van der Waals surface area (Å²) in [6, 6.07) is 7.16. The Balaban J connectivity index is 1.65. The highest BCUT2D eigenvalue weighted by Gasteiger charge is 2.09. The van der Waals surface area contributed by atoms with Crippen molar-refractivity contribution in [2.75, 3.05) is 31.1 Å². The fraction of sp³-hybridized carbons (Fsp3) is 0.562. The molecule has 2 rings (SSSR count). The minimum atomic E-state index is 0.197. The van der Waals surface area contributed by atoms with Crippen molar-refractivity contribution in [2.24, 2.45) is 0 Å². The van der Waals surface area contributed by atoms with E-state index in [4.69, 9.17) is 11.6 Å². The molecule has 1 heterocycles. The molecule has 0 aliphatic carbocycles. The molecule has 1 saturated heterocycles. The number of carbonyl (C=O) groups is 1. The fourth-order valence-electron chi connectivity index (χ4n) is 2.44. The van der Waals surface area contributed by atoms with Gasteiger partial charge in [0, 0.05) is 22.9 Å². The second-order valence-electron chi connectivity index (χ2n) is 5.24. The third kappa shape index (κ3) is 5.47. The molecular weight excluding hydrogens is 290 g/mol. The summed E-state index contributed by atoms with van der Waals surface area (Å²) in [6.07, 6.45) is 5.40. The van der Waals surface area contributed by atoms with E-state index in [2.05, 4.69) is 4.90 Å². The maximum Gasteiger partial charge on any atom is 0.172 e. The zero-order valence-electron chi connectivity index (χ0n) is 11.8. The maximum atomic E-state index is 12.0. The van der Waals surface area contributed by atoms with Crippen molar-refractivity contribution >= 4 is 29.1 Å². The predicted octanol–water partition coefficient (Wildman–Crippen LogP) is 4.13. The first-order chi connectivity index (χ1) is 9.75. The largest absolute Gasteiger partial charge is 0.303 e. The summed E-state index contributed by atoms with van der Waals surface area (Å²) in [7, 11) is 0. The van der Waals surface area contributed by atoms with Crippen LogP contribution in [0.2, 0.25) is 5.02 Å². The Kier molecular flexibility index (Phi) is 6.91. The number of ketones is 1. The number of benzene rings is 1. The number of nitrogens with zero attached hydrogens (tertiary/aromatic N) is 1. The first-order valence-electron chi connectivity index (χ1n) is 7.34. The van der Waals surface area contributed by atoms with Crippen molar-refractivity contribution in [3.8, 4) is 0 Å². The van der Waals surface area contributed by atoms with Crippen LogP contribution in [0.5, 0.6) is 0 Å². The van der Waals surface area contributed by atoms with Crippen LogP contribution in [-0.2, 0) is 0 Å². The molecule has 20 heavy (non-hydrogen) atoms. The molecule has 0 aromatic heterocycles. The molecule has 110 valence electrons. The third-order valence-corrected chi connectivity index (χ3v) is 4.84. The van der Waals surface area contributed by atoms with Crippen LogP contribution in [0.25, 0.3) is 0 Å². The summed E-state index contributed by atoms with van der Waals surface area (Å²) in [5.41, 5.74) is 0.761. The summed E-state index contributed by atoms with van der Waals surface area (Å²) in [5.74, 6) is 1.80. The Hall–Kier alpha value is -0.510. The summed E-state index contributed by atoms with van der Waals surface area (Å²) in [4.78, 5) is 14.5. The van der Waals surface area contributed by atoms with Crippen molar-refractivity contribution < 1.29 is 4.79 Å². The lowest BCUT2D eigenvalue weighted by Crippen LogP contribution is -2.27. The fourth-order valence-corrected chi connectivity index (χ4v) is 3.45. The molecule has 2 nitrogen and oxygen atoms in total. The summed E-state index contributed by atoms with van der Waals surface area (Å²) in [6.45, 7) is 3.57. The van der Waals surface area contributed by atoms with E-state index in [-0.39, 0.29) is 5.78 Å². The third-order valence-electron chi connectivity index (χ3n) is 3.65. The van der Waals surface area contributed by atoms with Crippen LogP contribution in [0.15, 0.2) is 24.3 Å². The highest BCUT2D eigenvalue weighted by molar-refractivity contribution is 8.00. The van der Waals surface area contributed by atoms with E-state index in [1.807, 2.05) is 0 Å². The number of hydrogen-bond acceptors (Lipinski definition) is 3. The minimum absolute atomic E-state index is 0.197. The van der Waals surface area contributed by atoms with E-state index < -0.39 is 0 Å². The van der Waals surface area contributed by atoms with Crippen LogP contribution in [0.3, 0.4) is 0 Å². The predicted molar refractivity (Wildman–Crippen MR) is 88.0 cm³/mol. The molecular formula is C16H22ClNOS. The number of Topliss-reactive ketones (excluding diaryl/α,β-unsaturated/α-hetero) is 1. The van der Waals surface area contributed by atoms with E-state index in [1.165, 1.54) is 38.8 Å². The molecule has 0 spiro atoms. The topological polar surface area (TPSA) is 20.3 Å². The molecule has 4 heteroatoms. The van der Waals surface area contributed by atoms with Crippen LogP contribution in [0, 0.1) is 0 Å². The van der Waals surface area contributed by atoms with E-state index >= 15 is 0 Å². The first-order valence-corrected chi connectivity index (χ1v) is 8.88. The monoisotopic (exact) mass is 311 g/mol. The Morgan fingerprint density at radius 1 is 1.10 bits per heavy atom. The average Bonchev–Trinajstić information content (AvgIpc) is 2.73. The number of hydrogen-bond donors (Lipinski definition) is 0. The SMILES string of the molecule is O=C(CSCCN1CCCCCC1)c1ccc(Cl)cc1. The van der Waals surface area contributed by atoms with Crippen molar-refractivity contribution in [1.82, 2.24) is 4.90 Å². The molecule has 0 bridgehead atoms. The molecule has 0 radical (unpaired) electrons. The second kappa shape index (κ2) is 8.71. The van der Waals surface area contributed by atoms with Crippen molar-refractivity contribution in [3.63, 3.8) is 0 Å². The molecule has 1 aromatic rings. The van der Waals surface area contributed by atoms with Gasteiger partial charge in [0.25, 0.3) is 0 Å². The van der Waals surface area contributed by atoms with Crippen molar-refractivity contribution in [3.05, 3.63) is 34.9 Å². The average molecular weight is 312 g/mol. The summed E-state index contributed by atoms with van der Waals surface area (Å²) < 4.78 is 0. The highest BCUT2D eigenvalue weighted by Crippen LogP contribution is 2.14. The van der Waals surface area contributed by atoms with Crippen LogP contribution in [0.1, 0.15) is 36.0 Å². The molecule has 0 unspecified atom stereocenters. The first kappa shape index (κ1) is 15.9. The Morgan fingerprint density at radius 2 is 1.75 bits per heavy atom. The van der Waals surface area contributed by atoms with Gasteiger partial charge in [0.15, 0.2) is 5.78 Å². The van der Waals surface area contributed by atoms with E-state index in [0.717, 1.165) is 17.9 Å². The lowest BCUT2D eigenvalue weighted by atomic mass is 10.1. The molecule has 0 amide bonds. The number of carbonyl (C=O) groups excluding carboxylic acids is 1. The van der Waals surface area contributed by atoms with Gasteiger partial charge >= 0.3 is 0 Å². The van der Waals surface area contributed by atoms with Gasteiger partial charge in [0.05, 0.1) is 5.75 Å². The smallest absolute Gasteiger partial charge is 0.172 e. The molecule has 0 atom stereocenters. The van der Waals surface area contributed by atoms with E-state index in [9.17, 15) is 4.79 Å². The quantitative estimate of drug-likeness (QED) is 0.582. The van der Waals surface area contributed by atoms with E-state index in [0.29, 0.717) is 10.8 Å². The lowest BCUT2D eigenvalue weighted by molar-refractivity contribution is 0.102. The summed E-state index contributed by atoms with van der Waals surface area (Å²) in [5, 5.41) is 0.676. The second-order valence-corrected chi connectivity index (χ2v) is 6.78. The van der Waals surface area contributed by atoms with Crippen LogP contribution < -0.4 is 0 Å². The number of rotatable bonds is 6. The highest BCUT2D eigenvalue weighted by atomic mass is 35.5. The van der Waals surface area contributed by atoms with Crippen LogP contribution in [-0.4, -0.2) is 41.8 Å². The summed E-state index contributed by atoms with van der Waals surface area (Å²) >= 11 is 7.56. The number of halogens is 1. The van der Waals surface area contributed by atoms with Gasteiger partial charge in [0.1, 0.15) is 0 Å². The number of likely N-dealkylation sites (tertiary alicyclic amines) is 1. The van der Waals surface area contributed by atoms with Crippen molar-refractivity contribution in [1.29, 1.82) is 0 Å². The van der Waals surface area contributed by atoms with Gasteiger partial charge in [-0.3, -0.25) is 4.79 Å². The van der Waals surface area contributed by atoms with Gasteiger partial charge in [-0.25, -0.2) is 0 Å². The lowest BCUT2D eigenvalue weighted by Gasteiger charge is -2.19. The molecule has 1 aliphatic heterocycles. The van der Waals surface area contributed by atoms with Gasteiger partial charge in [-0.15, -0.1) is 0 Å². The molecule has 0 saturated carbocycles. The molecule has 0 N–H and O–H groups in total. The Bertz CT molecular complexity index is 413. The zero-order valence-corrected chi connectivity index (χ0v) is 13.4. The normalized spacial score (nSPS) is 16.9. The number of thioether (sulfide) groups is 1. The van der Waals surface area contributed by atoms with Gasteiger partial charge in [-0.1, -0.05) is 24.4 Å². The van der Waals surface area contributed by atoms with Gasteiger partial charge in [-0.2, -0.15) is 11.8 Å².